The fourth-order valence-corrected chi connectivity index (χ4v) is 1.55. The van der Waals surface area contributed by atoms with Gasteiger partial charge in [-0.3, -0.25) is 4.79 Å². The molecule has 92 valence electrons. The normalized spacial score (nSPS) is 14.8. The van der Waals surface area contributed by atoms with Gasteiger partial charge in [0.15, 0.2) is 0 Å². The molecule has 1 amide bonds. The van der Waals surface area contributed by atoms with Gasteiger partial charge < -0.3 is 10.7 Å². The average molecular weight is 234 g/mol. The Bertz CT molecular complexity index is 427. The number of nitrogens with one attached hydrogen (secondary N) is 2. The first-order valence-corrected chi connectivity index (χ1v) is 5.89. The first kappa shape index (κ1) is 11.9. The van der Waals surface area contributed by atoms with Crippen molar-refractivity contribution < 1.29 is 4.79 Å². The summed E-state index contributed by atoms with van der Waals surface area (Å²) in [4.78, 5) is 16.2. The molecule has 0 atom stereocenters. The number of carbonyl (C=O) groups is 1. The van der Waals surface area contributed by atoms with Crippen molar-refractivity contribution in [1.29, 1.82) is 0 Å². The molecule has 0 aliphatic heterocycles. The minimum Gasteiger partial charge on any atom is -0.349 e. The van der Waals surface area contributed by atoms with Crippen molar-refractivity contribution in [1.82, 2.24) is 10.3 Å². The number of pyridine rings is 1. The molecule has 1 fully saturated rings. The number of anilines is 1. The van der Waals surface area contributed by atoms with Crippen molar-refractivity contribution in [3.63, 3.8) is 0 Å². The number of nitrogens with two attached hydrogens (primary N) is 1. The topological polar surface area (TPSA) is 80.0 Å². The maximum atomic E-state index is 11.9. The second kappa shape index (κ2) is 4.71. The number of hydrogen-bond acceptors (Lipinski definition) is 4. The summed E-state index contributed by atoms with van der Waals surface area (Å²) in [5.41, 5.74) is 3.97. The lowest BCUT2D eigenvalue weighted by Crippen LogP contribution is -2.26. The van der Waals surface area contributed by atoms with E-state index in [0.717, 1.165) is 18.5 Å². The third kappa shape index (κ3) is 2.94. The van der Waals surface area contributed by atoms with Crippen LogP contribution in [-0.2, 0) is 0 Å². The van der Waals surface area contributed by atoms with Gasteiger partial charge >= 0.3 is 0 Å². The fraction of sp³-hybridized carbons (Fsp3) is 0.500. The second-order valence-corrected chi connectivity index (χ2v) is 4.71. The summed E-state index contributed by atoms with van der Waals surface area (Å²) < 4.78 is 0. The summed E-state index contributed by atoms with van der Waals surface area (Å²) in [7, 11) is 0. The highest BCUT2D eigenvalue weighted by molar-refractivity contribution is 5.95. The minimum absolute atomic E-state index is 0.0479. The fourth-order valence-electron chi connectivity index (χ4n) is 1.55. The van der Waals surface area contributed by atoms with Crippen molar-refractivity contribution >= 4 is 11.7 Å². The zero-order valence-corrected chi connectivity index (χ0v) is 10.2. The van der Waals surface area contributed by atoms with Crippen molar-refractivity contribution in [2.24, 2.45) is 5.84 Å². The number of hydrogen-bond donors (Lipinski definition) is 3. The van der Waals surface area contributed by atoms with Crippen LogP contribution in [0, 0.1) is 0 Å². The molecule has 0 saturated heterocycles. The molecule has 0 aromatic carbocycles. The van der Waals surface area contributed by atoms with Crippen LogP contribution < -0.4 is 16.6 Å². The van der Waals surface area contributed by atoms with Crippen LogP contribution in [0.3, 0.4) is 0 Å². The van der Waals surface area contributed by atoms with E-state index in [4.69, 9.17) is 5.84 Å². The Kier molecular flexibility index (Phi) is 3.28. The predicted molar refractivity (Wildman–Crippen MR) is 66.6 cm³/mol. The van der Waals surface area contributed by atoms with Gasteiger partial charge in [-0.25, -0.2) is 10.8 Å². The molecule has 1 aliphatic carbocycles. The number of hydrazine groups is 1. The van der Waals surface area contributed by atoms with E-state index in [9.17, 15) is 4.79 Å². The molecule has 0 radical (unpaired) electrons. The molecule has 5 nitrogen and oxygen atoms in total. The molecule has 5 heteroatoms. The van der Waals surface area contributed by atoms with Crippen LogP contribution in [0.25, 0.3) is 0 Å². The van der Waals surface area contributed by atoms with E-state index in [0.29, 0.717) is 17.4 Å². The van der Waals surface area contributed by atoms with E-state index in [1.807, 2.05) is 19.9 Å². The highest BCUT2D eigenvalue weighted by Crippen LogP contribution is 2.21. The molecule has 1 aromatic rings. The number of nitrogens with zero attached hydrogens (tertiary/aromatic N) is 1. The Hall–Kier alpha value is -1.62. The van der Waals surface area contributed by atoms with Crippen molar-refractivity contribution in [2.45, 2.75) is 38.6 Å². The molecule has 1 saturated carbocycles. The highest BCUT2D eigenvalue weighted by atomic mass is 16.1. The third-order valence-corrected chi connectivity index (χ3v) is 2.76. The number of aromatic nitrogens is 1. The summed E-state index contributed by atoms with van der Waals surface area (Å²) >= 11 is 0. The maximum Gasteiger partial charge on any atom is 0.251 e. The molecule has 0 spiro atoms. The van der Waals surface area contributed by atoms with E-state index < -0.39 is 0 Å². The van der Waals surface area contributed by atoms with Gasteiger partial charge in [0, 0.05) is 17.3 Å². The van der Waals surface area contributed by atoms with Gasteiger partial charge in [-0.05, 0) is 30.9 Å². The van der Waals surface area contributed by atoms with Gasteiger partial charge in [0.25, 0.3) is 5.91 Å². The molecule has 2 rings (SSSR count). The first-order valence-electron chi connectivity index (χ1n) is 5.89. The SMILES string of the molecule is CC(C)c1cc(C(=O)NC2CC2)cc(NN)n1. The Morgan fingerprint density at radius 1 is 1.47 bits per heavy atom. The van der Waals surface area contributed by atoms with Gasteiger partial charge in [0.05, 0.1) is 0 Å². The van der Waals surface area contributed by atoms with Gasteiger partial charge in [-0.15, -0.1) is 0 Å². The van der Waals surface area contributed by atoms with E-state index >= 15 is 0 Å². The van der Waals surface area contributed by atoms with Gasteiger partial charge in [-0.2, -0.15) is 0 Å². The van der Waals surface area contributed by atoms with Crippen molar-refractivity contribution in [3.8, 4) is 0 Å². The smallest absolute Gasteiger partial charge is 0.251 e. The highest BCUT2D eigenvalue weighted by Gasteiger charge is 2.24. The van der Waals surface area contributed by atoms with Gasteiger partial charge in [0.1, 0.15) is 5.82 Å². The second-order valence-electron chi connectivity index (χ2n) is 4.71. The molecule has 0 bridgehead atoms. The molecular formula is C12H18N4O. The molecule has 0 unspecified atom stereocenters. The average Bonchev–Trinajstić information content (AvgIpc) is 3.12. The Morgan fingerprint density at radius 2 is 2.18 bits per heavy atom. The Morgan fingerprint density at radius 3 is 2.71 bits per heavy atom. The lowest BCUT2D eigenvalue weighted by molar-refractivity contribution is 0.0951. The van der Waals surface area contributed by atoms with Crippen molar-refractivity contribution in [2.75, 3.05) is 5.43 Å². The van der Waals surface area contributed by atoms with Crippen molar-refractivity contribution in [3.05, 3.63) is 23.4 Å². The molecular weight excluding hydrogens is 216 g/mol. The molecule has 1 aliphatic rings. The minimum atomic E-state index is -0.0479. The lowest BCUT2D eigenvalue weighted by atomic mass is 10.1. The van der Waals surface area contributed by atoms with Crippen LogP contribution >= 0.6 is 0 Å². The summed E-state index contributed by atoms with van der Waals surface area (Å²) in [6.07, 6.45) is 2.16. The summed E-state index contributed by atoms with van der Waals surface area (Å²) in [5.74, 6) is 6.09. The van der Waals surface area contributed by atoms with E-state index in [1.54, 1.807) is 6.07 Å². The Balaban J connectivity index is 2.24. The third-order valence-electron chi connectivity index (χ3n) is 2.76. The van der Waals surface area contributed by atoms with Gasteiger partial charge in [-0.1, -0.05) is 13.8 Å². The molecule has 1 heterocycles. The van der Waals surface area contributed by atoms with Gasteiger partial charge in [0.2, 0.25) is 0 Å². The zero-order chi connectivity index (χ0) is 12.4. The quantitative estimate of drug-likeness (QED) is 0.543. The van der Waals surface area contributed by atoms with Crippen LogP contribution in [0.4, 0.5) is 5.82 Å². The van der Waals surface area contributed by atoms with Crippen LogP contribution in [0.2, 0.25) is 0 Å². The maximum absolute atomic E-state index is 11.9. The largest absolute Gasteiger partial charge is 0.349 e. The Labute approximate surface area is 101 Å². The number of amides is 1. The standard InChI is InChI=1S/C12H18N4O/c1-7(2)10-5-8(6-11(15-10)16-13)12(17)14-9-3-4-9/h5-7,9H,3-4,13H2,1-2H3,(H,14,17)(H,15,16). The molecule has 4 N–H and O–H groups in total. The summed E-state index contributed by atoms with van der Waals surface area (Å²) in [5, 5.41) is 2.95. The first-order chi connectivity index (χ1) is 8.10. The number of carbonyl (C=O) groups excluding carboxylic acids is 1. The predicted octanol–water partition coefficient (Wildman–Crippen LogP) is 1.38. The van der Waals surface area contributed by atoms with Crippen LogP contribution in [0.15, 0.2) is 12.1 Å². The zero-order valence-electron chi connectivity index (χ0n) is 10.2. The van der Waals surface area contributed by atoms with Crippen LogP contribution in [0.1, 0.15) is 48.7 Å². The molecule has 17 heavy (non-hydrogen) atoms. The summed E-state index contributed by atoms with van der Waals surface area (Å²) in [6, 6.07) is 3.85. The number of rotatable bonds is 4. The number of nitrogen functional groups attached to an aromatic ring is 1. The van der Waals surface area contributed by atoms with Crippen LogP contribution in [0.5, 0.6) is 0 Å². The van der Waals surface area contributed by atoms with E-state index in [-0.39, 0.29) is 11.8 Å². The monoisotopic (exact) mass is 234 g/mol. The van der Waals surface area contributed by atoms with E-state index in [2.05, 4.69) is 15.7 Å². The van der Waals surface area contributed by atoms with E-state index in [1.165, 1.54) is 0 Å². The summed E-state index contributed by atoms with van der Waals surface area (Å²) in [6.45, 7) is 4.07. The lowest BCUT2D eigenvalue weighted by Gasteiger charge is -2.10. The molecule has 1 aromatic heterocycles. The van der Waals surface area contributed by atoms with Crippen LogP contribution in [-0.4, -0.2) is 16.9 Å².